The number of β-amino-alcohol motifs (C(OH)–C–C–N with tert-alkyl or cyclic N) is 1. The van der Waals surface area contributed by atoms with E-state index in [1.807, 2.05) is 36.4 Å². The molecule has 1 aliphatic carbocycles. The first-order chi connectivity index (χ1) is 15.7. The van der Waals surface area contributed by atoms with Gasteiger partial charge in [-0.1, -0.05) is 55.5 Å². The number of ether oxygens (including phenoxy) is 1. The van der Waals surface area contributed by atoms with Gasteiger partial charge in [-0.2, -0.15) is 0 Å². The van der Waals surface area contributed by atoms with E-state index in [4.69, 9.17) is 4.74 Å². The summed E-state index contributed by atoms with van der Waals surface area (Å²) in [4.78, 5) is 38.4. The van der Waals surface area contributed by atoms with Crippen LogP contribution >= 0.6 is 0 Å². The standard InChI is InChI=1S/C25H28N2O6/c1-3-24(2,21(28)27-13-12-25(32,15-27)22(29)30)26-23(31)33-14-20-18-10-6-4-8-16(18)17-9-5-7-11-19(17)20/h4-11,20,32H,3,12-15H2,1-2H3,(H,26,31)(H,29,30). The minimum atomic E-state index is -1.96. The molecule has 2 aromatic carbocycles. The zero-order valence-electron chi connectivity index (χ0n) is 18.7. The van der Waals surface area contributed by atoms with E-state index in [1.165, 1.54) is 4.90 Å². The predicted molar refractivity (Wildman–Crippen MR) is 121 cm³/mol. The topological polar surface area (TPSA) is 116 Å². The monoisotopic (exact) mass is 452 g/mol. The van der Waals surface area contributed by atoms with Crippen molar-refractivity contribution in [2.24, 2.45) is 0 Å². The van der Waals surface area contributed by atoms with E-state index in [9.17, 15) is 24.6 Å². The number of carboxylic acid groups (broad SMARTS) is 1. The maximum Gasteiger partial charge on any atom is 0.408 e. The van der Waals surface area contributed by atoms with Crippen LogP contribution in [0.15, 0.2) is 48.5 Å². The number of nitrogens with zero attached hydrogens (tertiary/aromatic N) is 1. The lowest BCUT2D eigenvalue weighted by Gasteiger charge is -2.32. The molecule has 33 heavy (non-hydrogen) atoms. The molecule has 2 aromatic rings. The van der Waals surface area contributed by atoms with E-state index in [1.54, 1.807) is 13.8 Å². The molecule has 1 fully saturated rings. The number of benzene rings is 2. The van der Waals surface area contributed by atoms with Crippen LogP contribution < -0.4 is 5.32 Å². The summed E-state index contributed by atoms with van der Waals surface area (Å²) in [5.41, 5.74) is 1.17. The number of alkyl carbamates (subject to hydrolysis) is 1. The maximum atomic E-state index is 13.1. The first kappa shape index (κ1) is 22.8. The second-order valence-corrected chi connectivity index (χ2v) is 8.95. The Bertz CT molecular complexity index is 1060. The Morgan fingerprint density at radius 2 is 1.70 bits per heavy atom. The van der Waals surface area contributed by atoms with Gasteiger partial charge < -0.3 is 25.2 Å². The van der Waals surface area contributed by atoms with E-state index in [0.717, 1.165) is 22.3 Å². The number of likely N-dealkylation sites (tertiary alicyclic amines) is 1. The van der Waals surface area contributed by atoms with Crippen molar-refractivity contribution < 1.29 is 29.3 Å². The number of nitrogens with one attached hydrogen (secondary N) is 1. The highest BCUT2D eigenvalue weighted by Gasteiger charge is 2.48. The van der Waals surface area contributed by atoms with Gasteiger partial charge in [-0.05, 0) is 35.6 Å². The predicted octanol–water partition coefficient (Wildman–Crippen LogP) is 2.74. The SMILES string of the molecule is CCC(C)(NC(=O)OCC1c2ccccc2-c2ccccc21)C(=O)N1CCC(O)(C(=O)O)C1. The van der Waals surface area contributed by atoms with E-state index < -0.39 is 29.1 Å². The fourth-order valence-corrected chi connectivity index (χ4v) is 4.64. The molecule has 8 heteroatoms. The van der Waals surface area contributed by atoms with Crippen LogP contribution in [0.3, 0.4) is 0 Å². The third kappa shape index (κ3) is 4.06. The number of carboxylic acids is 1. The molecule has 1 heterocycles. The molecule has 4 rings (SSSR count). The van der Waals surface area contributed by atoms with Gasteiger partial charge in [0.05, 0.1) is 6.54 Å². The summed E-state index contributed by atoms with van der Waals surface area (Å²) in [5.74, 6) is -1.91. The zero-order chi connectivity index (χ0) is 23.8. The van der Waals surface area contributed by atoms with Crippen LogP contribution in [0.25, 0.3) is 11.1 Å². The maximum absolute atomic E-state index is 13.1. The summed E-state index contributed by atoms with van der Waals surface area (Å²) in [6.45, 7) is 3.24. The Morgan fingerprint density at radius 1 is 1.12 bits per heavy atom. The zero-order valence-corrected chi connectivity index (χ0v) is 18.7. The van der Waals surface area contributed by atoms with Crippen molar-refractivity contribution in [2.45, 2.75) is 43.7 Å². The number of fused-ring (bicyclic) bond motifs is 3. The number of rotatable bonds is 6. The fourth-order valence-electron chi connectivity index (χ4n) is 4.64. The van der Waals surface area contributed by atoms with Gasteiger partial charge in [0.25, 0.3) is 0 Å². The highest BCUT2D eigenvalue weighted by molar-refractivity contribution is 5.91. The summed E-state index contributed by atoms with van der Waals surface area (Å²) < 4.78 is 5.56. The molecule has 2 unspecified atom stereocenters. The molecule has 1 saturated heterocycles. The molecule has 0 spiro atoms. The average molecular weight is 453 g/mol. The molecule has 0 aromatic heterocycles. The number of hydrogen-bond donors (Lipinski definition) is 3. The van der Waals surface area contributed by atoms with Crippen molar-refractivity contribution >= 4 is 18.0 Å². The van der Waals surface area contributed by atoms with Crippen LogP contribution in [0.5, 0.6) is 0 Å². The summed E-state index contributed by atoms with van der Waals surface area (Å²) in [7, 11) is 0. The van der Waals surface area contributed by atoms with Crippen LogP contribution in [0, 0.1) is 0 Å². The molecule has 2 aliphatic rings. The van der Waals surface area contributed by atoms with Crippen LogP contribution in [-0.2, 0) is 14.3 Å². The largest absolute Gasteiger partial charge is 0.479 e. The van der Waals surface area contributed by atoms with Crippen molar-refractivity contribution in [3.8, 4) is 11.1 Å². The van der Waals surface area contributed by atoms with Gasteiger partial charge in [0, 0.05) is 18.9 Å². The van der Waals surface area contributed by atoms with E-state index >= 15 is 0 Å². The first-order valence-corrected chi connectivity index (χ1v) is 11.1. The minimum absolute atomic E-state index is 0.0567. The number of carbonyl (C=O) groups excluding carboxylic acids is 2. The molecule has 0 radical (unpaired) electrons. The summed E-state index contributed by atoms with van der Waals surface area (Å²) in [5, 5.41) is 22.0. The summed E-state index contributed by atoms with van der Waals surface area (Å²) >= 11 is 0. The Kier molecular flexibility index (Phi) is 5.88. The van der Waals surface area contributed by atoms with Gasteiger partial charge in [0.2, 0.25) is 5.91 Å². The Morgan fingerprint density at radius 3 is 2.21 bits per heavy atom. The smallest absolute Gasteiger partial charge is 0.408 e. The quantitative estimate of drug-likeness (QED) is 0.621. The highest BCUT2D eigenvalue weighted by Crippen LogP contribution is 2.44. The molecule has 2 amide bonds. The third-order valence-electron chi connectivity index (χ3n) is 6.83. The van der Waals surface area contributed by atoms with Crippen molar-refractivity contribution in [1.82, 2.24) is 10.2 Å². The molecule has 2 atom stereocenters. The van der Waals surface area contributed by atoms with Gasteiger partial charge in [0.1, 0.15) is 12.1 Å². The molecule has 0 bridgehead atoms. The average Bonchev–Trinajstić information content (AvgIpc) is 3.36. The van der Waals surface area contributed by atoms with Crippen LogP contribution in [-0.4, -0.2) is 63.9 Å². The number of aliphatic carboxylic acids is 1. The molecular weight excluding hydrogens is 424 g/mol. The van der Waals surface area contributed by atoms with E-state index in [-0.39, 0.29) is 38.5 Å². The Labute approximate surface area is 192 Å². The van der Waals surface area contributed by atoms with Crippen LogP contribution in [0.4, 0.5) is 4.79 Å². The molecule has 1 aliphatic heterocycles. The third-order valence-corrected chi connectivity index (χ3v) is 6.83. The lowest BCUT2D eigenvalue weighted by Crippen LogP contribution is -2.58. The minimum Gasteiger partial charge on any atom is -0.479 e. The van der Waals surface area contributed by atoms with Crippen molar-refractivity contribution in [3.05, 3.63) is 59.7 Å². The molecule has 174 valence electrons. The number of amides is 2. The molecule has 8 nitrogen and oxygen atoms in total. The van der Waals surface area contributed by atoms with Crippen molar-refractivity contribution in [3.63, 3.8) is 0 Å². The van der Waals surface area contributed by atoms with Crippen molar-refractivity contribution in [1.29, 1.82) is 0 Å². The second-order valence-electron chi connectivity index (χ2n) is 8.95. The molecule has 0 saturated carbocycles. The lowest BCUT2D eigenvalue weighted by atomic mass is 9.97. The highest BCUT2D eigenvalue weighted by atomic mass is 16.5. The molecular formula is C25H28N2O6. The number of hydrogen-bond acceptors (Lipinski definition) is 5. The first-order valence-electron chi connectivity index (χ1n) is 11.1. The Balaban J connectivity index is 1.43. The van der Waals surface area contributed by atoms with Gasteiger partial charge in [-0.3, -0.25) is 4.79 Å². The van der Waals surface area contributed by atoms with E-state index in [2.05, 4.69) is 17.4 Å². The van der Waals surface area contributed by atoms with Gasteiger partial charge in [-0.25, -0.2) is 9.59 Å². The van der Waals surface area contributed by atoms with Gasteiger partial charge in [0.15, 0.2) is 5.60 Å². The molecule has 3 N–H and O–H groups in total. The summed E-state index contributed by atoms with van der Waals surface area (Å²) in [6, 6.07) is 16.0. The second kappa shape index (κ2) is 8.51. The van der Waals surface area contributed by atoms with Crippen LogP contribution in [0.2, 0.25) is 0 Å². The Hall–Kier alpha value is -3.39. The lowest BCUT2D eigenvalue weighted by molar-refractivity contribution is -0.157. The van der Waals surface area contributed by atoms with Crippen LogP contribution in [0.1, 0.15) is 43.7 Å². The van der Waals surface area contributed by atoms with Gasteiger partial charge >= 0.3 is 12.1 Å². The van der Waals surface area contributed by atoms with E-state index in [0.29, 0.717) is 0 Å². The number of carbonyl (C=O) groups is 3. The van der Waals surface area contributed by atoms with Crippen molar-refractivity contribution in [2.75, 3.05) is 19.7 Å². The fraction of sp³-hybridized carbons (Fsp3) is 0.400. The normalized spacial score (nSPS) is 21.1. The summed E-state index contributed by atoms with van der Waals surface area (Å²) in [6.07, 6.45) is -0.501. The van der Waals surface area contributed by atoms with Gasteiger partial charge in [-0.15, -0.1) is 0 Å². The number of aliphatic hydroxyl groups is 1.